The average molecular weight is 602 g/mol. The van der Waals surface area contributed by atoms with E-state index >= 15 is 0 Å². The molecule has 226 valence electrons. The van der Waals surface area contributed by atoms with E-state index in [0.29, 0.717) is 17.0 Å². The van der Waals surface area contributed by atoms with Gasteiger partial charge < -0.3 is 41.9 Å². The minimum absolute atomic E-state index is 0.00352. The normalized spacial score (nSPS) is 14.0. The van der Waals surface area contributed by atoms with E-state index in [2.05, 4.69) is 30.9 Å². The van der Waals surface area contributed by atoms with Gasteiger partial charge in [-0.3, -0.25) is 19.2 Å². The molecule has 2 aromatic heterocycles. The first-order chi connectivity index (χ1) is 20.1. The summed E-state index contributed by atoms with van der Waals surface area (Å²) in [5.74, 6) is -3.97. The van der Waals surface area contributed by atoms with Crippen LogP contribution in [0.25, 0.3) is 10.9 Å². The van der Waals surface area contributed by atoms with Crippen molar-refractivity contribution in [2.75, 3.05) is 12.0 Å². The predicted octanol–water partition coefficient (Wildman–Crippen LogP) is 0.160. The Hall–Kier alpha value is -4.37. The Bertz CT molecular complexity index is 1380. The number of nitrogens with one attached hydrogen (secondary N) is 5. The summed E-state index contributed by atoms with van der Waals surface area (Å²) in [5.41, 5.74) is 7.85. The lowest BCUT2D eigenvalue weighted by molar-refractivity contribution is -0.142. The molecule has 4 unspecified atom stereocenters. The van der Waals surface area contributed by atoms with Crippen LogP contribution in [-0.2, 0) is 36.8 Å². The number of para-hydroxylation sites is 1. The highest BCUT2D eigenvalue weighted by Crippen LogP contribution is 2.19. The van der Waals surface area contributed by atoms with Gasteiger partial charge in [0.2, 0.25) is 17.7 Å². The summed E-state index contributed by atoms with van der Waals surface area (Å²) >= 11 is 1.44. The van der Waals surface area contributed by atoms with Crippen molar-refractivity contribution in [2.24, 2.45) is 5.73 Å². The maximum atomic E-state index is 13.4. The molecule has 9 N–H and O–H groups in total. The Balaban J connectivity index is 1.76. The van der Waals surface area contributed by atoms with Gasteiger partial charge in [-0.15, -0.1) is 0 Å². The lowest BCUT2D eigenvalue weighted by Crippen LogP contribution is -2.58. The fraction of sp³-hybridized carbons (Fsp3) is 0.407. The summed E-state index contributed by atoms with van der Waals surface area (Å²) in [6, 6.07) is 2.66. The summed E-state index contributed by atoms with van der Waals surface area (Å²) in [7, 11) is 0. The third-order valence-corrected chi connectivity index (χ3v) is 7.22. The van der Waals surface area contributed by atoms with E-state index in [9.17, 15) is 29.1 Å². The van der Waals surface area contributed by atoms with Crippen LogP contribution in [0.3, 0.4) is 0 Å². The number of carbonyl (C=O) groups is 5. The molecule has 0 radical (unpaired) electrons. The maximum Gasteiger partial charge on any atom is 0.326 e. The lowest BCUT2D eigenvalue weighted by Gasteiger charge is -2.25. The van der Waals surface area contributed by atoms with Crippen LogP contribution in [0.15, 0.2) is 43.0 Å². The van der Waals surface area contributed by atoms with Gasteiger partial charge >= 0.3 is 11.9 Å². The Morgan fingerprint density at radius 2 is 1.62 bits per heavy atom. The number of aliphatic carboxylic acids is 2. The molecule has 3 amide bonds. The number of nitrogens with zero attached hydrogens (tertiary/aromatic N) is 1. The van der Waals surface area contributed by atoms with Crippen LogP contribution in [-0.4, -0.2) is 91.0 Å². The second kappa shape index (κ2) is 15.6. The molecular weight excluding hydrogens is 566 g/mol. The van der Waals surface area contributed by atoms with Crippen molar-refractivity contribution < 1.29 is 34.2 Å². The molecule has 0 aliphatic rings. The van der Waals surface area contributed by atoms with Crippen LogP contribution >= 0.6 is 11.8 Å². The number of aromatic nitrogens is 3. The van der Waals surface area contributed by atoms with Gasteiger partial charge in [-0.05, 0) is 36.5 Å². The molecule has 0 saturated heterocycles. The molecule has 0 bridgehead atoms. The monoisotopic (exact) mass is 601 g/mol. The Labute approximate surface area is 245 Å². The van der Waals surface area contributed by atoms with E-state index in [1.54, 1.807) is 6.20 Å². The van der Waals surface area contributed by atoms with Gasteiger partial charge in [0.05, 0.1) is 12.4 Å². The molecule has 2 heterocycles. The zero-order valence-electron chi connectivity index (χ0n) is 23.0. The van der Waals surface area contributed by atoms with Gasteiger partial charge in [0.25, 0.3) is 0 Å². The smallest absolute Gasteiger partial charge is 0.326 e. The molecular formula is C27H35N7O7S. The van der Waals surface area contributed by atoms with Gasteiger partial charge in [0.15, 0.2) is 0 Å². The highest BCUT2D eigenvalue weighted by molar-refractivity contribution is 7.98. The molecule has 0 aliphatic heterocycles. The number of amides is 3. The van der Waals surface area contributed by atoms with Crippen LogP contribution in [0.2, 0.25) is 0 Å². The fourth-order valence-electron chi connectivity index (χ4n) is 4.28. The molecule has 4 atom stereocenters. The van der Waals surface area contributed by atoms with Crippen molar-refractivity contribution in [3.63, 3.8) is 0 Å². The lowest BCUT2D eigenvalue weighted by atomic mass is 10.0. The van der Waals surface area contributed by atoms with Crippen LogP contribution in [0.4, 0.5) is 0 Å². The van der Waals surface area contributed by atoms with Gasteiger partial charge in [-0.1, -0.05) is 18.2 Å². The van der Waals surface area contributed by atoms with Crippen molar-refractivity contribution in [3.05, 3.63) is 54.2 Å². The third kappa shape index (κ3) is 9.34. The topological polar surface area (TPSA) is 232 Å². The molecule has 3 aromatic rings. The number of fused-ring (bicyclic) bond motifs is 1. The Kier molecular flexibility index (Phi) is 11.9. The Morgan fingerprint density at radius 1 is 0.929 bits per heavy atom. The van der Waals surface area contributed by atoms with Crippen molar-refractivity contribution in [3.8, 4) is 0 Å². The predicted molar refractivity (Wildman–Crippen MR) is 156 cm³/mol. The number of rotatable bonds is 17. The highest BCUT2D eigenvalue weighted by atomic mass is 32.2. The molecule has 14 nitrogen and oxygen atoms in total. The number of thioether (sulfide) groups is 1. The second-order valence-electron chi connectivity index (χ2n) is 9.69. The largest absolute Gasteiger partial charge is 0.481 e. The first-order valence-electron chi connectivity index (χ1n) is 13.2. The van der Waals surface area contributed by atoms with Crippen LogP contribution < -0.4 is 21.7 Å². The molecule has 3 rings (SSSR count). The van der Waals surface area contributed by atoms with Crippen molar-refractivity contribution in [1.82, 2.24) is 30.9 Å². The summed E-state index contributed by atoms with van der Waals surface area (Å²) in [4.78, 5) is 72.2. The van der Waals surface area contributed by atoms with Crippen molar-refractivity contribution in [2.45, 2.75) is 56.3 Å². The number of carbonyl (C=O) groups excluding carboxylic acids is 3. The zero-order chi connectivity index (χ0) is 30.6. The summed E-state index contributed by atoms with van der Waals surface area (Å²) in [6.07, 6.45) is 6.14. The molecule has 0 aliphatic carbocycles. The number of benzene rings is 1. The molecule has 0 saturated carbocycles. The van der Waals surface area contributed by atoms with E-state index in [1.807, 2.05) is 30.5 Å². The van der Waals surface area contributed by atoms with E-state index in [4.69, 9.17) is 10.8 Å². The van der Waals surface area contributed by atoms with Gasteiger partial charge in [-0.2, -0.15) is 11.8 Å². The molecule has 0 fully saturated rings. The SMILES string of the molecule is CSCCC(NC(=O)C(N)CCC(=O)O)C(=O)NC(Cc1cnc[nH]1)C(=O)NC(Cc1c[nH]c2ccccc12)C(=O)O. The summed E-state index contributed by atoms with van der Waals surface area (Å²) < 4.78 is 0. The van der Waals surface area contributed by atoms with E-state index in [1.165, 1.54) is 24.3 Å². The van der Waals surface area contributed by atoms with Crippen LogP contribution in [0, 0.1) is 0 Å². The minimum atomic E-state index is -1.29. The van der Waals surface area contributed by atoms with Crippen molar-refractivity contribution in [1.29, 1.82) is 0 Å². The minimum Gasteiger partial charge on any atom is -0.481 e. The number of carboxylic acids is 2. The maximum absolute atomic E-state index is 13.4. The first-order valence-corrected chi connectivity index (χ1v) is 14.6. The number of carboxylic acid groups (broad SMARTS) is 2. The Morgan fingerprint density at radius 3 is 2.29 bits per heavy atom. The first kappa shape index (κ1) is 32.1. The van der Waals surface area contributed by atoms with Gasteiger partial charge in [0.1, 0.15) is 18.1 Å². The van der Waals surface area contributed by atoms with Crippen LogP contribution in [0.5, 0.6) is 0 Å². The number of H-pyrrole nitrogens is 2. The van der Waals surface area contributed by atoms with E-state index in [0.717, 1.165) is 10.9 Å². The molecule has 1 aromatic carbocycles. The summed E-state index contributed by atoms with van der Waals surface area (Å²) in [5, 5.41) is 27.3. The van der Waals surface area contributed by atoms with Crippen LogP contribution in [0.1, 0.15) is 30.5 Å². The third-order valence-electron chi connectivity index (χ3n) is 6.58. The quantitative estimate of drug-likeness (QED) is 0.104. The van der Waals surface area contributed by atoms with E-state index < -0.39 is 53.8 Å². The standard InChI is InChI=1S/C27H35N7O7S/c1-42-9-8-20(32-24(37)18(28)6-7-23(35)36)25(38)33-21(11-16-13-29-14-31-16)26(39)34-22(27(40)41)10-15-12-30-19-5-3-2-4-17(15)19/h2-5,12-14,18,20-22,30H,6-11,28H2,1H3,(H,29,31)(H,32,37)(H,33,38)(H,34,39)(H,35,36)(H,40,41). The second-order valence-corrected chi connectivity index (χ2v) is 10.7. The van der Waals surface area contributed by atoms with Crippen molar-refractivity contribution >= 4 is 52.3 Å². The van der Waals surface area contributed by atoms with E-state index in [-0.39, 0.29) is 32.1 Å². The van der Waals surface area contributed by atoms with Gasteiger partial charge in [0, 0.05) is 48.3 Å². The number of imidazole rings is 1. The fourth-order valence-corrected chi connectivity index (χ4v) is 4.76. The number of nitrogens with two attached hydrogens (primary N) is 1. The van der Waals surface area contributed by atoms with Gasteiger partial charge in [-0.25, -0.2) is 9.78 Å². The zero-order valence-corrected chi connectivity index (χ0v) is 23.8. The number of hydrogen-bond donors (Lipinski definition) is 8. The summed E-state index contributed by atoms with van der Waals surface area (Å²) in [6.45, 7) is 0. The average Bonchev–Trinajstić information content (AvgIpc) is 3.63. The highest BCUT2D eigenvalue weighted by Gasteiger charge is 2.31. The molecule has 15 heteroatoms. The molecule has 0 spiro atoms. The number of hydrogen-bond acceptors (Lipinski definition) is 8. The number of aromatic amines is 2. The molecule has 42 heavy (non-hydrogen) atoms.